The van der Waals surface area contributed by atoms with Crippen molar-refractivity contribution in [3.63, 3.8) is 0 Å². The molecule has 0 radical (unpaired) electrons. The molecule has 35 heavy (non-hydrogen) atoms. The SMILES string of the molecule is O=C(NCc1ccc(F)cc1)c1csc(CSc2nnc(-c3ccncc3)n2-c2ccccc2)n1. The fourth-order valence-corrected chi connectivity index (χ4v) is 5.09. The first-order valence-corrected chi connectivity index (χ1v) is 12.5. The Bertz CT molecular complexity index is 1420. The Morgan fingerprint density at radius 3 is 2.54 bits per heavy atom. The van der Waals surface area contributed by atoms with E-state index in [9.17, 15) is 9.18 Å². The smallest absolute Gasteiger partial charge is 0.271 e. The highest BCUT2D eigenvalue weighted by Gasteiger charge is 2.17. The molecule has 7 nitrogen and oxygen atoms in total. The van der Waals surface area contributed by atoms with Gasteiger partial charge in [0, 0.05) is 35.6 Å². The first-order valence-electron chi connectivity index (χ1n) is 10.7. The molecule has 0 saturated carbocycles. The normalized spacial score (nSPS) is 10.9. The van der Waals surface area contributed by atoms with E-state index in [4.69, 9.17) is 0 Å². The summed E-state index contributed by atoms with van der Waals surface area (Å²) < 4.78 is 15.1. The summed E-state index contributed by atoms with van der Waals surface area (Å²) in [6.07, 6.45) is 3.45. The van der Waals surface area contributed by atoms with E-state index in [1.807, 2.05) is 47.0 Å². The number of thioether (sulfide) groups is 1. The van der Waals surface area contributed by atoms with Crippen molar-refractivity contribution in [2.45, 2.75) is 17.5 Å². The number of carbonyl (C=O) groups excluding carboxylic acids is 1. The third-order valence-electron chi connectivity index (χ3n) is 5.06. The molecule has 174 valence electrons. The van der Waals surface area contributed by atoms with Gasteiger partial charge >= 0.3 is 0 Å². The summed E-state index contributed by atoms with van der Waals surface area (Å²) in [4.78, 5) is 21.1. The number of benzene rings is 2. The lowest BCUT2D eigenvalue weighted by molar-refractivity contribution is 0.0946. The summed E-state index contributed by atoms with van der Waals surface area (Å²) in [6.45, 7) is 0.304. The van der Waals surface area contributed by atoms with Crippen molar-refractivity contribution in [3.05, 3.63) is 107 Å². The molecule has 0 aliphatic rings. The fourth-order valence-electron chi connectivity index (χ4n) is 3.34. The summed E-state index contributed by atoms with van der Waals surface area (Å²) >= 11 is 2.92. The van der Waals surface area contributed by atoms with Gasteiger partial charge in [-0.1, -0.05) is 42.1 Å². The van der Waals surface area contributed by atoms with Gasteiger partial charge in [-0.15, -0.1) is 21.5 Å². The topological polar surface area (TPSA) is 85.6 Å². The second-order valence-corrected chi connectivity index (χ2v) is 9.32. The molecule has 1 N–H and O–H groups in total. The number of carbonyl (C=O) groups is 1. The van der Waals surface area contributed by atoms with E-state index in [-0.39, 0.29) is 11.7 Å². The van der Waals surface area contributed by atoms with Gasteiger partial charge in [-0.2, -0.15) is 0 Å². The van der Waals surface area contributed by atoms with Gasteiger partial charge in [0.15, 0.2) is 11.0 Å². The van der Waals surface area contributed by atoms with E-state index in [2.05, 4.69) is 25.5 Å². The Morgan fingerprint density at radius 2 is 1.77 bits per heavy atom. The average Bonchev–Trinajstić information content (AvgIpc) is 3.55. The Labute approximate surface area is 209 Å². The molecule has 0 atom stereocenters. The van der Waals surface area contributed by atoms with Crippen LogP contribution >= 0.6 is 23.1 Å². The van der Waals surface area contributed by atoms with Crippen molar-refractivity contribution in [1.82, 2.24) is 30.0 Å². The van der Waals surface area contributed by atoms with Crippen LogP contribution in [-0.4, -0.2) is 30.6 Å². The van der Waals surface area contributed by atoms with E-state index in [1.54, 1.807) is 29.9 Å². The number of nitrogens with zero attached hydrogens (tertiary/aromatic N) is 5. The van der Waals surface area contributed by atoms with Crippen LogP contribution < -0.4 is 5.32 Å². The second-order valence-electron chi connectivity index (χ2n) is 7.44. The Balaban J connectivity index is 1.29. The maximum absolute atomic E-state index is 13.0. The molecule has 0 fully saturated rings. The van der Waals surface area contributed by atoms with E-state index in [0.29, 0.717) is 18.0 Å². The number of nitrogens with one attached hydrogen (secondary N) is 1. The zero-order chi connectivity index (χ0) is 24.0. The maximum atomic E-state index is 13.0. The lowest BCUT2D eigenvalue weighted by atomic mass is 10.2. The highest BCUT2D eigenvalue weighted by molar-refractivity contribution is 7.98. The monoisotopic (exact) mass is 502 g/mol. The van der Waals surface area contributed by atoms with Crippen molar-refractivity contribution < 1.29 is 9.18 Å². The summed E-state index contributed by atoms with van der Waals surface area (Å²) in [5.41, 5.74) is 3.04. The molecule has 10 heteroatoms. The van der Waals surface area contributed by atoms with Crippen LogP contribution in [-0.2, 0) is 12.3 Å². The first kappa shape index (κ1) is 22.9. The predicted octanol–water partition coefficient (Wildman–Crippen LogP) is 5.15. The molecule has 0 bridgehead atoms. The number of thiazole rings is 1. The Morgan fingerprint density at radius 1 is 1.00 bits per heavy atom. The molecule has 0 spiro atoms. The molecule has 0 aliphatic heterocycles. The molecule has 3 heterocycles. The zero-order valence-electron chi connectivity index (χ0n) is 18.3. The van der Waals surface area contributed by atoms with Gasteiger partial charge in [-0.25, -0.2) is 9.37 Å². The fraction of sp³-hybridized carbons (Fsp3) is 0.0800. The number of pyridine rings is 1. The number of para-hydroxylation sites is 1. The van der Waals surface area contributed by atoms with Crippen molar-refractivity contribution in [3.8, 4) is 17.1 Å². The Hall–Kier alpha value is -3.89. The van der Waals surface area contributed by atoms with Gasteiger partial charge in [0.25, 0.3) is 5.91 Å². The van der Waals surface area contributed by atoms with Crippen LogP contribution in [0.1, 0.15) is 21.1 Å². The molecule has 0 unspecified atom stereocenters. The molecular formula is C25H19FN6OS2. The summed E-state index contributed by atoms with van der Waals surface area (Å²) in [5.74, 6) is 0.685. The minimum Gasteiger partial charge on any atom is -0.347 e. The van der Waals surface area contributed by atoms with Crippen LogP contribution in [0.2, 0.25) is 0 Å². The molecule has 5 aromatic rings. The molecule has 5 rings (SSSR count). The summed E-state index contributed by atoms with van der Waals surface area (Å²) in [6, 6.07) is 19.7. The predicted molar refractivity (Wildman–Crippen MR) is 134 cm³/mol. The van der Waals surface area contributed by atoms with Crippen LogP contribution in [0.25, 0.3) is 17.1 Å². The average molecular weight is 503 g/mol. The van der Waals surface area contributed by atoms with E-state index >= 15 is 0 Å². The van der Waals surface area contributed by atoms with Gasteiger partial charge in [-0.3, -0.25) is 14.3 Å². The standard InChI is InChI=1S/C25H19FN6OS2/c26-19-8-6-17(7-9-19)14-28-24(33)21-15-34-22(29-21)16-35-25-31-30-23(18-10-12-27-13-11-18)32(25)20-4-2-1-3-5-20/h1-13,15H,14,16H2,(H,28,33). The van der Waals surface area contributed by atoms with E-state index in [0.717, 1.165) is 32.8 Å². The van der Waals surface area contributed by atoms with E-state index < -0.39 is 0 Å². The third kappa shape index (κ3) is 5.44. The zero-order valence-corrected chi connectivity index (χ0v) is 20.0. The molecular weight excluding hydrogens is 483 g/mol. The van der Waals surface area contributed by atoms with Crippen molar-refractivity contribution in [1.29, 1.82) is 0 Å². The van der Waals surface area contributed by atoms with Crippen LogP contribution in [0.5, 0.6) is 0 Å². The number of halogens is 1. The highest BCUT2D eigenvalue weighted by Crippen LogP contribution is 2.30. The van der Waals surface area contributed by atoms with Gasteiger partial charge in [0.2, 0.25) is 0 Å². The number of hydrogen-bond donors (Lipinski definition) is 1. The van der Waals surface area contributed by atoms with Crippen LogP contribution in [0.4, 0.5) is 4.39 Å². The molecule has 3 aromatic heterocycles. The molecule has 0 saturated heterocycles. The number of hydrogen-bond acceptors (Lipinski definition) is 7. The van der Waals surface area contributed by atoms with Crippen molar-refractivity contribution in [2.24, 2.45) is 0 Å². The molecule has 0 aliphatic carbocycles. The van der Waals surface area contributed by atoms with Gasteiger partial charge in [-0.05, 0) is 42.0 Å². The quantitative estimate of drug-likeness (QED) is 0.296. The van der Waals surface area contributed by atoms with Gasteiger partial charge < -0.3 is 5.32 Å². The molecule has 1 amide bonds. The van der Waals surface area contributed by atoms with E-state index in [1.165, 1.54) is 35.2 Å². The maximum Gasteiger partial charge on any atom is 0.271 e. The summed E-state index contributed by atoms with van der Waals surface area (Å²) in [5, 5.41) is 14.9. The molecule has 2 aromatic carbocycles. The lowest BCUT2D eigenvalue weighted by Gasteiger charge is -2.09. The summed E-state index contributed by atoms with van der Waals surface area (Å²) in [7, 11) is 0. The van der Waals surface area contributed by atoms with Gasteiger partial charge in [0.05, 0.1) is 5.75 Å². The second kappa shape index (κ2) is 10.6. The van der Waals surface area contributed by atoms with Crippen molar-refractivity contribution >= 4 is 29.0 Å². The highest BCUT2D eigenvalue weighted by atomic mass is 32.2. The van der Waals surface area contributed by atoms with Crippen molar-refractivity contribution in [2.75, 3.05) is 0 Å². The largest absolute Gasteiger partial charge is 0.347 e. The van der Waals surface area contributed by atoms with Crippen LogP contribution in [0.15, 0.2) is 89.7 Å². The number of rotatable bonds is 8. The van der Waals surface area contributed by atoms with Crippen LogP contribution in [0.3, 0.4) is 0 Å². The number of amides is 1. The van der Waals surface area contributed by atoms with Gasteiger partial charge in [0.1, 0.15) is 16.5 Å². The Kier molecular flexibility index (Phi) is 6.92. The minimum absolute atomic E-state index is 0.269. The first-order chi connectivity index (χ1) is 17.2. The minimum atomic E-state index is -0.308. The number of aromatic nitrogens is 5. The third-order valence-corrected chi connectivity index (χ3v) is 7.03. The van der Waals surface area contributed by atoms with Crippen LogP contribution in [0, 0.1) is 5.82 Å². The lowest BCUT2D eigenvalue weighted by Crippen LogP contribution is -2.23.